The minimum Gasteiger partial charge on any atom is -0.363 e. The van der Waals surface area contributed by atoms with Crippen LogP contribution >= 0.6 is 12.4 Å². The van der Waals surface area contributed by atoms with Gasteiger partial charge in [-0.1, -0.05) is 30.3 Å². The lowest BCUT2D eigenvalue weighted by Crippen LogP contribution is -2.47. The van der Waals surface area contributed by atoms with Crippen LogP contribution in [0.4, 0.5) is 0 Å². The van der Waals surface area contributed by atoms with E-state index in [0.29, 0.717) is 12.4 Å². The molecule has 9 nitrogen and oxygen atoms in total. The number of fused-ring (bicyclic) bond motifs is 1. The van der Waals surface area contributed by atoms with Crippen molar-refractivity contribution < 1.29 is 14.4 Å². The summed E-state index contributed by atoms with van der Waals surface area (Å²) >= 11 is 0. The zero-order valence-corrected chi connectivity index (χ0v) is 18.0. The van der Waals surface area contributed by atoms with Crippen molar-refractivity contribution >= 4 is 30.0 Å². The highest BCUT2D eigenvalue weighted by molar-refractivity contribution is 6.38. The first-order chi connectivity index (χ1) is 15.0. The fourth-order valence-electron chi connectivity index (χ4n) is 3.56. The van der Waals surface area contributed by atoms with Gasteiger partial charge in [0.1, 0.15) is 6.04 Å². The SMILES string of the molecule is Cl.NC(=O)C(=O)C(Cc1ccccc1)NC(=O)c1cccnc1-n1cc2c(n1)CNCC2. The minimum atomic E-state index is -1.10. The number of hydrogen-bond acceptors (Lipinski definition) is 6. The van der Waals surface area contributed by atoms with Crippen LogP contribution in [0.25, 0.3) is 5.82 Å². The molecule has 166 valence electrons. The smallest absolute Gasteiger partial charge is 0.287 e. The Morgan fingerprint density at radius 3 is 2.66 bits per heavy atom. The van der Waals surface area contributed by atoms with Gasteiger partial charge < -0.3 is 16.4 Å². The number of aromatic nitrogens is 3. The summed E-state index contributed by atoms with van der Waals surface area (Å²) in [7, 11) is 0. The molecular weight excluding hydrogens is 432 g/mol. The molecule has 0 spiro atoms. The minimum absolute atomic E-state index is 0. The van der Waals surface area contributed by atoms with Crippen LogP contribution in [-0.4, -0.2) is 44.9 Å². The maximum Gasteiger partial charge on any atom is 0.287 e. The van der Waals surface area contributed by atoms with E-state index in [4.69, 9.17) is 5.73 Å². The molecule has 2 aromatic heterocycles. The summed E-state index contributed by atoms with van der Waals surface area (Å²) in [4.78, 5) is 41.3. The first-order valence-corrected chi connectivity index (χ1v) is 9.95. The number of carbonyl (C=O) groups excluding carboxylic acids is 3. The van der Waals surface area contributed by atoms with Crippen molar-refractivity contribution in [1.29, 1.82) is 0 Å². The summed E-state index contributed by atoms with van der Waals surface area (Å²) in [6, 6.07) is 11.2. The number of benzene rings is 1. The second kappa shape index (κ2) is 10.2. The van der Waals surface area contributed by atoms with Gasteiger partial charge in [0, 0.05) is 25.4 Å². The maximum absolute atomic E-state index is 13.1. The number of pyridine rings is 1. The number of carbonyl (C=O) groups is 3. The van der Waals surface area contributed by atoms with E-state index in [1.165, 1.54) is 0 Å². The van der Waals surface area contributed by atoms with Crippen LogP contribution in [0.1, 0.15) is 27.2 Å². The second-order valence-corrected chi connectivity index (χ2v) is 7.29. The van der Waals surface area contributed by atoms with Crippen LogP contribution in [-0.2, 0) is 29.0 Å². The van der Waals surface area contributed by atoms with Crippen LogP contribution in [0.5, 0.6) is 0 Å². The molecule has 3 heterocycles. The Bertz CT molecular complexity index is 1110. The lowest BCUT2D eigenvalue weighted by atomic mass is 10.0. The number of hydrogen-bond donors (Lipinski definition) is 3. The number of halogens is 1. The van der Waals surface area contributed by atoms with Crippen LogP contribution in [0.15, 0.2) is 54.9 Å². The summed E-state index contributed by atoms with van der Waals surface area (Å²) in [5.74, 6) is -2.15. The zero-order chi connectivity index (χ0) is 21.8. The van der Waals surface area contributed by atoms with Crippen molar-refractivity contribution in [3.63, 3.8) is 0 Å². The van der Waals surface area contributed by atoms with E-state index >= 15 is 0 Å². The molecule has 1 aromatic carbocycles. The molecule has 1 unspecified atom stereocenters. The number of primary amides is 1. The van der Waals surface area contributed by atoms with Gasteiger partial charge in [-0.05, 0) is 36.2 Å². The van der Waals surface area contributed by atoms with Gasteiger partial charge in [0.15, 0.2) is 5.82 Å². The number of nitrogens with one attached hydrogen (secondary N) is 2. The topological polar surface area (TPSA) is 132 Å². The number of nitrogens with zero attached hydrogens (tertiary/aromatic N) is 3. The van der Waals surface area contributed by atoms with E-state index in [9.17, 15) is 14.4 Å². The summed E-state index contributed by atoms with van der Waals surface area (Å²) in [5.41, 5.74) is 8.25. The summed E-state index contributed by atoms with van der Waals surface area (Å²) in [6.07, 6.45) is 4.42. The van der Waals surface area contributed by atoms with Crippen molar-refractivity contribution in [3.8, 4) is 5.82 Å². The molecule has 0 saturated heterocycles. The number of rotatable bonds is 7. The largest absolute Gasteiger partial charge is 0.363 e. The third kappa shape index (κ3) is 5.01. The molecule has 4 rings (SSSR count). The maximum atomic E-state index is 13.1. The standard InChI is InChI=1S/C22H22N6O3.ClH/c23-20(30)19(29)17(11-14-5-2-1-3-6-14)26-22(31)16-7-4-9-25-21(16)28-13-15-8-10-24-12-18(15)27-28;/h1-7,9,13,17,24H,8,10-12H2,(H2,23,30)(H,26,31);1H. The Balaban J connectivity index is 0.00000289. The fourth-order valence-corrected chi connectivity index (χ4v) is 3.56. The highest BCUT2D eigenvalue weighted by Crippen LogP contribution is 2.17. The van der Waals surface area contributed by atoms with Gasteiger partial charge in [0.25, 0.3) is 11.8 Å². The molecule has 10 heteroatoms. The van der Waals surface area contributed by atoms with Gasteiger partial charge in [0.05, 0.1) is 11.3 Å². The third-order valence-corrected chi connectivity index (χ3v) is 5.14. The first kappa shape index (κ1) is 23.1. The molecule has 1 aliphatic heterocycles. The van der Waals surface area contributed by atoms with Crippen LogP contribution < -0.4 is 16.4 Å². The first-order valence-electron chi connectivity index (χ1n) is 9.95. The number of nitrogens with two attached hydrogens (primary N) is 1. The van der Waals surface area contributed by atoms with E-state index in [2.05, 4.69) is 20.7 Å². The highest BCUT2D eigenvalue weighted by atomic mass is 35.5. The van der Waals surface area contributed by atoms with E-state index in [-0.39, 0.29) is 24.4 Å². The molecule has 1 atom stereocenters. The Labute approximate surface area is 190 Å². The van der Waals surface area contributed by atoms with Crippen LogP contribution in [0.3, 0.4) is 0 Å². The molecule has 0 aliphatic carbocycles. The van der Waals surface area contributed by atoms with Crippen molar-refractivity contribution in [2.45, 2.75) is 25.4 Å². The Morgan fingerprint density at radius 2 is 1.94 bits per heavy atom. The van der Waals surface area contributed by atoms with Crippen LogP contribution in [0.2, 0.25) is 0 Å². The molecular formula is C22H23ClN6O3. The molecule has 32 heavy (non-hydrogen) atoms. The number of amides is 2. The average Bonchev–Trinajstić information content (AvgIpc) is 3.23. The Morgan fingerprint density at radius 1 is 1.16 bits per heavy atom. The van der Waals surface area contributed by atoms with E-state index < -0.39 is 23.6 Å². The van der Waals surface area contributed by atoms with E-state index in [1.54, 1.807) is 23.0 Å². The Kier molecular flexibility index (Phi) is 7.34. The quantitative estimate of drug-likeness (QED) is 0.451. The Hall–Kier alpha value is -3.56. The summed E-state index contributed by atoms with van der Waals surface area (Å²) in [5, 5.41) is 10.5. The third-order valence-electron chi connectivity index (χ3n) is 5.14. The average molecular weight is 455 g/mol. The molecule has 0 radical (unpaired) electrons. The lowest BCUT2D eigenvalue weighted by Gasteiger charge is -2.17. The van der Waals surface area contributed by atoms with Crippen molar-refractivity contribution in [3.05, 3.63) is 77.2 Å². The van der Waals surface area contributed by atoms with E-state index in [1.807, 2.05) is 36.5 Å². The lowest BCUT2D eigenvalue weighted by molar-refractivity contribution is -0.137. The van der Waals surface area contributed by atoms with Gasteiger partial charge in [-0.25, -0.2) is 9.67 Å². The highest BCUT2D eigenvalue weighted by Gasteiger charge is 2.27. The van der Waals surface area contributed by atoms with Gasteiger partial charge in [-0.2, -0.15) is 5.10 Å². The van der Waals surface area contributed by atoms with Gasteiger partial charge in [-0.3, -0.25) is 14.4 Å². The summed E-state index contributed by atoms with van der Waals surface area (Å²) < 4.78 is 1.58. The predicted molar refractivity (Wildman–Crippen MR) is 120 cm³/mol. The van der Waals surface area contributed by atoms with Crippen molar-refractivity contribution in [2.24, 2.45) is 5.73 Å². The molecule has 4 N–H and O–H groups in total. The second-order valence-electron chi connectivity index (χ2n) is 7.29. The number of Topliss-reactive ketones (excluding diaryl/α,β-unsaturated/α-hetero) is 1. The zero-order valence-electron chi connectivity index (χ0n) is 17.2. The molecule has 0 saturated carbocycles. The van der Waals surface area contributed by atoms with Gasteiger partial charge >= 0.3 is 0 Å². The number of ketones is 1. The van der Waals surface area contributed by atoms with Gasteiger partial charge in [-0.15, -0.1) is 12.4 Å². The molecule has 0 bridgehead atoms. The molecule has 3 aromatic rings. The monoisotopic (exact) mass is 454 g/mol. The molecule has 1 aliphatic rings. The fraction of sp³-hybridized carbons (Fsp3) is 0.227. The summed E-state index contributed by atoms with van der Waals surface area (Å²) in [6.45, 7) is 1.52. The molecule has 0 fully saturated rings. The van der Waals surface area contributed by atoms with Crippen LogP contribution in [0, 0.1) is 0 Å². The van der Waals surface area contributed by atoms with Crippen molar-refractivity contribution in [2.75, 3.05) is 6.54 Å². The van der Waals surface area contributed by atoms with Crippen molar-refractivity contribution in [1.82, 2.24) is 25.4 Å². The predicted octanol–water partition coefficient (Wildman–Crippen LogP) is 0.730. The van der Waals surface area contributed by atoms with E-state index in [0.717, 1.165) is 29.8 Å². The van der Waals surface area contributed by atoms with Gasteiger partial charge in [0.2, 0.25) is 5.78 Å². The normalized spacial score (nSPS) is 13.4. The molecule has 2 amide bonds.